The van der Waals surface area contributed by atoms with Gasteiger partial charge in [-0.1, -0.05) is 0 Å². The topological polar surface area (TPSA) is 111 Å². The van der Waals surface area contributed by atoms with E-state index in [4.69, 9.17) is 0 Å². The van der Waals surface area contributed by atoms with Gasteiger partial charge in [0.15, 0.2) is 5.78 Å². The van der Waals surface area contributed by atoms with Crippen LogP contribution in [0.3, 0.4) is 0 Å². The minimum absolute atomic E-state index is 0.0331. The molecule has 0 fully saturated rings. The smallest absolute Gasteiger partial charge is 0.241 e. The van der Waals surface area contributed by atoms with E-state index in [1.165, 1.54) is 17.8 Å². The average molecular weight is 346 g/mol. The number of carbonyl (C=O) groups is 3. The molecule has 2 aromatic heterocycles. The van der Waals surface area contributed by atoms with E-state index < -0.39 is 0 Å². The van der Waals surface area contributed by atoms with Crippen molar-refractivity contribution in [1.29, 1.82) is 0 Å². The third-order valence-electron chi connectivity index (χ3n) is 3.79. The Labute approximate surface area is 145 Å². The average Bonchev–Trinajstić information content (AvgIpc) is 3.08. The molecule has 25 heavy (non-hydrogen) atoms. The van der Waals surface area contributed by atoms with Crippen molar-refractivity contribution in [2.45, 2.75) is 40.3 Å². The number of carbonyl (C=O) groups excluding carboxylic acids is 3. The van der Waals surface area contributed by atoms with Crippen molar-refractivity contribution in [2.75, 3.05) is 12.4 Å². The van der Waals surface area contributed by atoms with Gasteiger partial charge in [0.05, 0.1) is 23.1 Å². The summed E-state index contributed by atoms with van der Waals surface area (Å²) in [4.78, 5) is 35.0. The number of nitrogens with zero attached hydrogens (tertiary/aromatic N) is 4. The van der Waals surface area contributed by atoms with Crippen molar-refractivity contribution >= 4 is 23.3 Å². The van der Waals surface area contributed by atoms with E-state index in [1.807, 2.05) is 6.92 Å². The molecule has 0 saturated heterocycles. The molecule has 0 bridgehead atoms. The van der Waals surface area contributed by atoms with Crippen LogP contribution in [0.15, 0.2) is 12.4 Å². The van der Waals surface area contributed by atoms with Crippen LogP contribution in [0.5, 0.6) is 0 Å². The maximum atomic E-state index is 12.1. The predicted octanol–water partition coefficient (Wildman–Crippen LogP) is 0.674. The highest BCUT2D eigenvalue weighted by Gasteiger charge is 2.16. The molecule has 0 aliphatic rings. The lowest BCUT2D eigenvalue weighted by Gasteiger charge is -2.05. The Kier molecular flexibility index (Phi) is 5.68. The van der Waals surface area contributed by atoms with Crippen LogP contribution < -0.4 is 10.6 Å². The molecule has 2 N–H and O–H groups in total. The summed E-state index contributed by atoms with van der Waals surface area (Å²) < 4.78 is 3.11. The standard InChI is InChI=1S/C16H22N6O3/c1-10-16(12(3)23)11(2)22(20-10)6-5-14(24)19-13-7-18-21(8-13)9-15(25)17-4/h7-8H,5-6,9H2,1-4H3,(H,17,25)(H,19,24). The molecule has 0 unspecified atom stereocenters. The quantitative estimate of drug-likeness (QED) is 0.716. The molecule has 0 atom stereocenters. The van der Waals surface area contributed by atoms with Crippen LogP contribution in [0.2, 0.25) is 0 Å². The maximum absolute atomic E-state index is 12.1. The number of hydrogen-bond donors (Lipinski definition) is 2. The maximum Gasteiger partial charge on any atom is 0.241 e. The van der Waals surface area contributed by atoms with Crippen LogP contribution in [0, 0.1) is 13.8 Å². The summed E-state index contributed by atoms with van der Waals surface area (Å²) in [7, 11) is 1.55. The van der Waals surface area contributed by atoms with E-state index in [2.05, 4.69) is 20.8 Å². The van der Waals surface area contributed by atoms with Crippen LogP contribution in [0.1, 0.15) is 35.1 Å². The number of anilines is 1. The molecule has 0 saturated carbocycles. The highest BCUT2D eigenvalue weighted by atomic mass is 16.2. The minimum atomic E-state index is -0.198. The fraction of sp³-hybridized carbons (Fsp3) is 0.438. The number of Topliss-reactive ketones (excluding diaryl/α,β-unsaturated/α-hetero) is 1. The third kappa shape index (κ3) is 4.52. The minimum Gasteiger partial charge on any atom is -0.358 e. The van der Waals surface area contributed by atoms with Gasteiger partial charge in [0.25, 0.3) is 0 Å². The van der Waals surface area contributed by atoms with Crippen LogP contribution in [0.25, 0.3) is 0 Å². The number of ketones is 1. The first-order valence-corrected chi connectivity index (χ1v) is 7.89. The number of aromatic nitrogens is 4. The second kappa shape index (κ2) is 7.73. The van der Waals surface area contributed by atoms with E-state index in [1.54, 1.807) is 24.9 Å². The second-order valence-electron chi connectivity index (χ2n) is 5.72. The molecule has 2 aromatic rings. The summed E-state index contributed by atoms with van der Waals surface area (Å²) in [6.07, 6.45) is 3.28. The molecule has 0 aromatic carbocycles. The van der Waals surface area contributed by atoms with Crippen molar-refractivity contribution < 1.29 is 14.4 Å². The van der Waals surface area contributed by atoms with Gasteiger partial charge in [-0.3, -0.25) is 23.7 Å². The fourth-order valence-electron chi connectivity index (χ4n) is 2.60. The molecule has 0 aliphatic carbocycles. The number of aryl methyl sites for hydroxylation is 2. The molecule has 0 radical (unpaired) electrons. The molecule has 2 rings (SSSR count). The molecular weight excluding hydrogens is 324 g/mol. The summed E-state index contributed by atoms with van der Waals surface area (Å²) in [6, 6.07) is 0. The monoisotopic (exact) mass is 346 g/mol. The molecular formula is C16H22N6O3. The molecule has 9 heteroatoms. The molecule has 0 spiro atoms. The normalized spacial score (nSPS) is 10.6. The van der Waals surface area contributed by atoms with Gasteiger partial charge in [-0.25, -0.2) is 0 Å². The third-order valence-corrected chi connectivity index (χ3v) is 3.79. The largest absolute Gasteiger partial charge is 0.358 e. The molecule has 9 nitrogen and oxygen atoms in total. The first-order valence-electron chi connectivity index (χ1n) is 7.89. The van der Waals surface area contributed by atoms with E-state index in [9.17, 15) is 14.4 Å². The number of hydrogen-bond acceptors (Lipinski definition) is 5. The Bertz CT molecular complexity index is 805. The number of rotatable bonds is 7. The highest BCUT2D eigenvalue weighted by molar-refractivity contribution is 5.96. The van der Waals surface area contributed by atoms with Gasteiger partial charge in [-0.2, -0.15) is 10.2 Å². The summed E-state index contributed by atoms with van der Waals surface area (Å²) in [5.41, 5.74) is 2.56. The highest BCUT2D eigenvalue weighted by Crippen LogP contribution is 2.14. The zero-order valence-electron chi connectivity index (χ0n) is 14.8. The Morgan fingerprint density at radius 1 is 1.20 bits per heavy atom. The van der Waals surface area contributed by atoms with Crippen LogP contribution in [-0.4, -0.2) is 44.2 Å². The lowest BCUT2D eigenvalue weighted by atomic mass is 10.1. The van der Waals surface area contributed by atoms with Gasteiger partial charge < -0.3 is 10.6 Å². The Morgan fingerprint density at radius 3 is 2.52 bits per heavy atom. The first kappa shape index (κ1) is 18.4. The Balaban J connectivity index is 1.92. The van der Waals surface area contributed by atoms with Gasteiger partial charge in [0.2, 0.25) is 11.8 Å². The molecule has 0 aliphatic heterocycles. The van der Waals surface area contributed by atoms with Crippen LogP contribution >= 0.6 is 0 Å². The summed E-state index contributed by atoms with van der Waals surface area (Å²) in [6.45, 7) is 5.56. The first-order chi connectivity index (χ1) is 11.8. The lowest BCUT2D eigenvalue weighted by Crippen LogP contribution is -2.23. The van der Waals surface area contributed by atoms with E-state index in [0.29, 0.717) is 23.5 Å². The number of nitrogens with one attached hydrogen (secondary N) is 2. The van der Waals surface area contributed by atoms with Crippen molar-refractivity contribution in [3.63, 3.8) is 0 Å². The Hall–Kier alpha value is -2.97. The summed E-state index contributed by atoms with van der Waals surface area (Å²) >= 11 is 0. The van der Waals surface area contributed by atoms with Gasteiger partial charge >= 0.3 is 0 Å². The fourth-order valence-corrected chi connectivity index (χ4v) is 2.60. The Morgan fingerprint density at radius 2 is 1.92 bits per heavy atom. The van der Waals surface area contributed by atoms with Crippen molar-refractivity contribution in [2.24, 2.45) is 0 Å². The van der Waals surface area contributed by atoms with E-state index in [0.717, 1.165) is 5.69 Å². The van der Waals surface area contributed by atoms with Gasteiger partial charge in [0.1, 0.15) is 6.54 Å². The van der Waals surface area contributed by atoms with E-state index in [-0.39, 0.29) is 30.6 Å². The van der Waals surface area contributed by atoms with Crippen molar-refractivity contribution in [3.05, 3.63) is 29.3 Å². The van der Waals surface area contributed by atoms with Gasteiger partial charge in [0, 0.05) is 31.9 Å². The van der Waals surface area contributed by atoms with Gasteiger partial charge in [-0.05, 0) is 20.8 Å². The van der Waals surface area contributed by atoms with Crippen molar-refractivity contribution in [3.8, 4) is 0 Å². The van der Waals surface area contributed by atoms with E-state index >= 15 is 0 Å². The van der Waals surface area contributed by atoms with Gasteiger partial charge in [-0.15, -0.1) is 0 Å². The summed E-state index contributed by atoms with van der Waals surface area (Å²) in [5.74, 6) is -0.405. The number of amides is 2. The van der Waals surface area contributed by atoms with Crippen LogP contribution in [-0.2, 0) is 22.7 Å². The van der Waals surface area contributed by atoms with Crippen LogP contribution in [0.4, 0.5) is 5.69 Å². The molecule has 2 amide bonds. The zero-order chi connectivity index (χ0) is 18.6. The van der Waals surface area contributed by atoms with Crippen molar-refractivity contribution in [1.82, 2.24) is 24.9 Å². The number of likely N-dealkylation sites (N-methyl/N-ethyl adjacent to an activating group) is 1. The summed E-state index contributed by atoms with van der Waals surface area (Å²) in [5, 5.41) is 13.5. The second-order valence-corrected chi connectivity index (χ2v) is 5.72. The molecule has 134 valence electrons. The lowest BCUT2D eigenvalue weighted by molar-refractivity contribution is -0.121. The zero-order valence-corrected chi connectivity index (χ0v) is 14.8. The SMILES string of the molecule is CNC(=O)Cn1cc(NC(=O)CCn2nc(C)c(C(C)=O)c2C)cn1. The predicted molar refractivity (Wildman–Crippen MR) is 91.2 cm³/mol. The molecule has 2 heterocycles.